The molecule has 1 heterocycles. The van der Waals surface area contributed by atoms with Crippen molar-refractivity contribution in [1.82, 2.24) is 9.97 Å². The van der Waals surface area contributed by atoms with Gasteiger partial charge in [0.15, 0.2) is 0 Å². The summed E-state index contributed by atoms with van der Waals surface area (Å²) in [6.45, 7) is 4.24. The molecule has 126 valence electrons. The van der Waals surface area contributed by atoms with E-state index in [2.05, 4.69) is 59.8 Å². The molecule has 1 aromatic heterocycles. The standard InChI is InChI=1S/C21H22N4/c1-14-8-9-18(12-15(14)2)22-20-13-19(16-6-4-3-5-7-16)24-21(25-20)23-17-10-11-17/h3-9,12-13,17H,10-11H2,1-2H3,(H2,22,23,24,25). The van der Waals surface area contributed by atoms with Crippen molar-refractivity contribution in [2.75, 3.05) is 10.6 Å². The van der Waals surface area contributed by atoms with Gasteiger partial charge in [-0.1, -0.05) is 36.4 Å². The second-order valence-electron chi connectivity index (χ2n) is 6.67. The van der Waals surface area contributed by atoms with Crippen molar-refractivity contribution < 1.29 is 0 Å². The molecule has 0 saturated heterocycles. The van der Waals surface area contributed by atoms with Crippen LogP contribution in [0.2, 0.25) is 0 Å². The first-order chi connectivity index (χ1) is 12.2. The highest BCUT2D eigenvalue weighted by Crippen LogP contribution is 2.27. The van der Waals surface area contributed by atoms with Gasteiger partial charge in [0.2, 0.25) is 5.95 Å². The fourth-order valence-corrected chi connectivity index (χ4v) is 2.71. The molecule has 2 aromatic carbocycles. The number of aryl methyl sites for hydroxylation is 2. The molecule has 2 N–H and O–H groups in total. The summed E-state index contributed by atoms with van der Waals surface area (Å²) in [4.78, 5) is 9.35. The highest BCUT2D eigenvalue weighted by molar-refractivity contribution is 5.67. The maximum absolute atomic E-state index is 4.69. The number of hydrogen-bond donors (Lipinski definition) is 2. The van der Waals surface area contributed by atoms with Gasteiger partial charge in [0.1, 0.15) is 5.82 Å². The molecule has 1 aliphatic carbocycles. The van der Waals surface area contributed by atoms with Gasteiger partial charge in [-0.2, -0.15) is 4.98 Å². The topological polar surface area (TPSA) is 49.8 Å². The SMILES string of the molecule is Cc1ccc(Nc2cc(-c3ccccc3)nc(NC3CC3)n2)cc1C. The van der Waals surface area contributed by atoms with Crippen molar-refractivity contribution in [3.63, 3.8) is 0 Å². The van der Waals surface area contributed by atoms with E-state index < -0.39 is 0 Å². The van der Waals surface area contributed by atoms with Crippen LogP contribution in [0, 0.1) is 13.8 Å². The number of anilines is 3. The van der Waals surface area contributed by atoms with E-state index in [4.69, 9.17) is 4.98 Å². The average molecular weight is 330 g/mol. The van der Waals surface area contributed by atoms with Gasteiger partial charge < -0.3 is 10.6 Å². The summed E-state index contributed by atoms with van der Waals surface area (Å²) < 4.78 is 0. The number of hydrogen-bond acceptors (Lipinski definition) is 4. The Kier molecular flexibility index (Phi) is 4.10. The number of rotatable bonds is 5. The van der Waals surface area contributed by atoms with Crippen molar-refractivity contribution in [3.05, 3.63) is 65.7 Å². The van der Waals surface area contributed by atoms with E-state index in [-0.39, 0.29) is 0 Å². The van der Waals surface area contributed by atoms with Gasteiger partial charge in [-0.25, -0.2) is 4.98 Å². The summed E-state index contributed by atoms with van der Waals surface area (Å²) in [5, 5.41) is 6.84. The first kappa shape index (κ1) is 15.6. The van der Waals surface area contributed by atoms with E-state index in [0.717, 1.165) is 22.8 Å². The van der Waals surface area contributed by atoms with Crippen LogP contribution in [0.25, 0.3) is 11.3 Å². The molecule has 0 amide bonds. The van der Waals surface area contributed by atoms with Gasteiger partial charge in [-0.05, 0) is 49.9 Å². The van der Waals surface area contributed by atoms with Gasteiger partial charge in [-0.3, -0.25) is 0 Å². The Bertz CT molecular complexity index is 886. The molecule has 4 rings (SSSR count). The van der Waals surface area contributed by atoms with E-state index in [1.807, 2.05) is 24.3 Å². The van der Waals surface area contributed by atoms with Gasteiger partial charge in [-0.15, -0.1) is 0 Å². The monoisotopic (exact) mass is 330 g/mol. The quantitative estimate of drug-likeness (QED) is 0.685. The Hall–Kier alpha value is -2.88. The number of nitrogens with zero attached hydrogens (tertiary/aromatic N) is 2. The minimum Gasteiger partial charge on any atom is -0.351 e. The molecule has 0 atom stereocenters. The Morgan fingerprint density at radius 3 is 2.40 bits per heavy atom. The van der Waals surface area contributed by atoms with Gasteiger partial charge >= 0.3 is 0 Å². The van der Waals surface area contributed by atoms with Gasteiger partial charge in [0, 0.05) is 23.4 Å². The molecule has 1 saturated carbocycles. The van der Waals surface area contributed by atoms with Crippen LogP contribution >= 0.6 is 0 Å². The maximum Gasteiger partial charge on any atom is 0.225 e. The van der Waals surface area contributed by atoms with Crippen molar-refractivity contribution in [3.8, 4) is 11.3 Å². The summed E-state index contributed by atoms with van der Waals surface area (Å²) in [6, 6.07) is 19.1. The summed E-state index contributed by atoms with van der Waals surface area (Å²) in [6.07, 6.45) is 2.39. The molecule has 4 heteroatoms. The Morgan fingerprint density at radius 2 is 1.68 bits per heavy atom. The summed E-state index contributed by atoms with van der Waals surface area (Å²) >= 11 is 0. The molecule has 0 unspecified atom stereocenters. The summed E-state index contributed by atoms with van der Waals surface area (Å²) in [7, 11) is 0. The highest BCUT2D eigenvalue weighted by atomic mass is 15.2. The maximum atomic E-state index is 4.69. The lowest BCUT2D eigenvalue weighted by atomic mass is 10.1. The Balaban J connectivity index is 1.68. The molecular weight excluding hydrogens is 308 g/mol. The average Bonchev–Trinajstić information content (AvgIpc) is 3.43. The van der Waals surface area contributed by atoms with Gasteiger partial charge in [0.25, 0.3) is 0 Å². The van der Waals surface area contributed by atoms with Crippen LogP contribution in [0.1, 0.15) is 24.0 Å². The Morgan fingerprint density at radius 1 is 0.880 bits per heavy atom. The molecule has 1 aliphatic rings. The van der Waals surface area contributed by atoms with E-state index >= 15 is 0 Å². The summed E-state index contributed by atoms with van der Waals surface area (Å²) in [5.41, 5.74) is 5.60. The molecule has 0 bridgehead atoms. The predicted molar refractivity (Wildman–Crippen MR) is 103 cm³/mol. The minimum atomic E-state index is 0.514. The van der Waals surface area contributed by atoms with E-state index in [0.29, 0.717) is 12.0 Å². The zero-order valence-electron chi connectivity index (χ0n) is 14.6. The lowest BCUT2D eigenvalue weighted by Crippen LogP contribution is -2.07. The molecule has 3 aromatic rings. The third-order valence-corrected chi connectivity index (χ3v) is 4.49. The first-order valence-corrected chi connectivity index (χ1v) is 8.73. The highest BCUT2D eigenvalue weighted by Gasteiger charge is 2.22. The van der Waals surface area contributed by atoms with Crippen LogP contribution in [0.5, 0.6) is 0 Å². The van der Waals surface area contributed by atoms with Crippen molar-refractivity contribution in [2.45, 2.75) is 32.7 Å². The molecule has 4 nitrogen and oxygen atoms in total. The number of nitrogens with one attached hydrogen (secondary N) is 2. The van der Waals surface area contributed by atoms with E-state index in [1.54, 1.807) is 0 Å². The Labute approximate surface area is 148 Å². The lowest BCUT2D eigenvalue weighted by molar-refractivity contribution is 1.06. The fourth-order valence-electron chi connectivity index (χ4n) is 2.71. The van der Waals surface area contributed by atoms with E-state index in [1.165, 1.54) is 24.0 Å². The number of benzene rings is 2. The second kappa shape index (κ2) is 6.55. The van der Waals surface area contributed by atoms with Crippen molar-refractivity contribution in [2.24, 2.45) is 0 Å². The zero-order chi connectivity index (χ0) is 17.2. The van der Waals surface area contributed by atoms with Crippen LogP contribution in [0.4, 0.5) is 17.5 Å². The lowest BCUT2D eigenvalue weighted by Gasteiger charge is -2.12. The van der Waals surface area contributed by atoms with Crippen LogP contribution in [0.3, 0.4) is 0 Å². The minimum absolute atomic E-state index is 0.514. The van der Waals surface area contributed by atoms with Crippen LogP contribution < -0.4 is 10.6 Å². The normalized spacial score (nSPS) is 13.5. The van der Waals surface area contributed by atoms with E-state index in [9.17, 15) is 0 Å². The van der Waals surface area contributed by atoms with Gasteiger partial charge in [0.05, 0.1) is 5.69 Å². The van der Waals surface area contributed by atoms with Crippen LogP contribution in [0.15, 0.2) is 54.6 Å². The molecule has 25 heavy (non-hydrogen) atoms. The largest absolute Gasteiger partial charge is 0.351 e. The summed E-state index contributed by atoms with van der Waals surface area (Å²) in [5.74, 6) is 1.50. The molecule has 0 spiro atoms. The van der Waals surface area contributed by atoms with Crippen LogP contribution in [-0.4, -0.2) is 16.0 Å². The predicted octanol–water partition coefficient (Wildman–Crippen LogP) is 5.08. The van der Waals surface area contributed by atoms with Crippen molar-refractivity contribution in [1.29, 1.82) is 0 Å². The zero-order valence-corrected chi connectivity index (χ0v) is 14.6. The third-order valence-electron chi connectivity index (χ3n) is 4.49. The molecular formula is C21H22N4. The van der Waals surface area contributed by atoms with Crippen LogP contribution in [-0.2, 0) is 0 Å². The van der Waals surface area contributed by atoms with Crippen molar-refractivity contribution >= 4 is 17.5 Å². The fraction of sp³-hybridized carbons (Fsp3) is 0.238. The second-order valence-corrected chi connectivity index (χ2v) is 6.67. The molecule has 1 fully saturated rings. The smallest absolute Gasteiger partial charge is 0.225 e. The number of aromatic nitrogens is 2. The molecule has 0 radical (unpaired) electrons. The molecule has 0 aliphatic heterocycles. The first-order valence-electron chi connectivity index (χ1n) is 8.73. The third kappa shape index (κ3) is 3.79.